The molecular weight excluding hydrogens is 396 g/mol. The van der Waals surface area contributed by atoms with Crippen molar-refractivity contribution < 1.29 is 9.53 Å². The first kappa shape index (κ1) is 20.0. The Morgan fingerprint density at radius 2 is 1.69 bits per heavy atom. The number of pyridine rings is 1. The van der Waals surface area contributed by atoms with E-state index in [2.05, 4.69) is 15.9 Å². The molecule has 1 heterocycles. The molecule has 26 heavy (non-hydrogen) atoms. The fourth-order valence-corrected chi connectivity index (χ4v) is 2.92. The van der Waals surface area contributed by atoms with E-state index in [9.17, 15) is 9.59 Å². The van der Waals surface area contributed by atoms with Gasteiger partial charge >= 0.3 is 5.97 Å². The van der Waals surface area contributed by atoms with Crippen LogP contribution in [0.25, 0.3) is 6.20 Å². The van der Waals surface area contributed by atoms with Crippen molar-refractivity contribution in [3.63, 3.8) is 0 Å². The Balaban J connectivity index is 2.43. The third-order valence-corrected chi connectivity index (χ3v) is 4.27. The van der Waals surface area contributed by atoms with E-state index in [1.165, 1.54) is 10.6 Å². The Morgan fingerprint density at radius 3 is 2.23 bits per heavy atom. The van der Waals surface area contributed by atoms with E-state index in [-0.39, 0.29) is 17.6 Å². The highest BCUT2D eigenvalue weighted by Gasteiger charge is 2.22. The van der Waals surface area contributed by atoms with Gasteiger partial charge in [0, 0.05) is 28.8 Å². The molecule has 0 radical (unpaired) electrons. The molecule has 138 valence electrons. The molecule has 2 aromatic rings. The Bertz CT molecular complexity index is 831. The van der Waals surface area contributed by atoms with E-state index in [4.69, 9.17) is 4.74 Å². The number of nitrogens with zero attached hydrogens (tertiary/aromatic N) is 2. The van der Waals surface area contributed by atoms with Crippen LogP contribution in [0.3, 0.4) is 0 Å². The Hall–Kier alpha value is -2.34. The van der Waals surface area contributed by atoms with Crippen LogP contribution in [0.2, 0.25) is 0 Å². The average molecular weight is 419 g/mol. The van der Waals surface area contributed by atoms with Gasteiger partial charge in [-0.25, -0.2) is 4.79 Å². The normalized spacial score (nSPS) is 11.7. The van der Waals surface area contributed by atoms with E-state index in [0.717, 1.165) is 4.47 Å². The van der Waals surface area contributed by atoms with E-state index in [1.807, 2.05) is 32.6 Å². The third kappa shape index (κ3) is 5.08. The van der Waals surface area contributed by atoms with Crippen LogP contribution in [-0.4, -0.2) is 27.5 Å². The molecule has 0 saturated heterocycles. The number of benzene rings is 1. The van der Waals surface area contributed by atoms with E-state index in [0.29, 0.717) is 11.4 Å². The Labute approximate surface area is 162 Å². The first-order valence-corrected chi connectivity index (χ1v) is 9.24. The van der Waals surface area contributed by atoms with Crippen LogP contribution in [-0.2, 0) is 4.74 Å². The van der Waals surface area contributed by atoms with Crippen molar-refractivity contribution in [2.75, 3.05) is 0 Å². The third-order valence-electron chi connectivity index (χ3n) is 3.74. The standard InChI is InChI=1S/C20H23BrN2O3/c1-14(2)23(15(3)4)19(13-22-12-6-5-7-18(22)24)26-20(25)16-8-10-17(21)11-9-16/h5-15H,1-4H3. The fraction of sp³-hybridized carbons (Fsp3) is 0.300. The quantitative estimate of drug-likeness (QED) is 0.516. The van der Waals surface area contributed by atoms with Gasteiger partial charge in [-0.05, 0) is 58.0 Å². The summed E-state index contributed by atoms with van der Waals surface area (Å²) >= 11 is 3.35. The van der Waals surface area contributed by atoms with Gasteiger partial charge in [-0.15, -0.1) is 0 Å². The molecule has 1 aromatic carbocycles. The van der Waals surface area contributed by atoms with E-state index < -0.39 is 5.97 Å². The molecule has 0 spiro atoms. The zero-order valence-corrected chi connectivity index (χ0v) is 16.9. The molecule has 0 aliphatic carbocycles. The van der Waals surface area contributed by atoms with Crippen LogP contribution in [0.15, 0.2) is 63.8 Å². The second kappa shape index (κ2) is 8.85. The zero-order chi connectivity index (χ0) is 19.3. The summed E-state index contributed by atoms with van der Waals surface area (Å²) in [5, 5.41) is 0. The first-order chi connectivity index (χ1) is 12.3. The minimum absolute atomic E-state index is 0.0818. The van der Waals surface area contributed by atoms with Gasteiger partial charge in [-0.1, -0.05) is 22.0 Å². The molecule has 0 unspecified atom stereocenters. The van der Waals surface area contributed by atoms with Gasteiger partial charge in [0.1, 0.15) is 0 Å². The van der Waals surface area contributed by atoms with Crippen molar-refractivity contribution in [2.45, 2.75) is 39.8 Å². The van der Waals surface area contributed by atoms with Gasteiger partial charge < -0.3 is 9.64 Å². The Morgan fingerprint density at radius 1 is 1.08 bits per heavy atom. The van der Waals surface area contributed by atoms with Gasteiger partial charge in [-0.3, -0.25) is 9.36 Å². The van der Waals surface area contributed by atoms with Crippen molar-refractivity contribution in [2.24, 2.45) is 0 Å². The molecule has 0 aliphatic rings. The zero-order valence-electron chi connectivity index (χ0n) is 15.3. The number of carbonyl (C=O) groups is 1. The molecule has 6 heteroatoms. The summed E-state index contributed by atoms with van der Waals surface area (Å²) in [6.07, 6.45) is 3.19. The molecule has 0 atom stereocenters. The second-order valence-electron chi connectivity index (χ2n) is 6.40. The molecule has 0 N–H and O–H groups in total. The summed E-state index contributed by atoms with van der Waals surface area (Å²) in [4.78, 5) is 26.6. The number of ether oxygens (including phenoxy) is 1. The lowest BCUT2D eigenvalue weighted by Gasteiger charge is -2.33. The van der Waals surface area contributed by atoms with Gasteiger partial charge in [0.05, 0.1) is 11.8 Å². The summed E-state index contributed by atoms with van der Waals surface area (Å²) in [6, 6.07) is 12.0. The molecule has 0 bridgehead atoms. The van der Waals surface area contributed by atoms with Crippen LogP contribution in [0.5, 0.6) is 0 Å². The van der Waals surface area contributed by atoms with E-state index in [1.54, 1.807) is 48.8 Å². The maximum atomic E-state index is 12.6. The SMILES string of the molecule is CC(C)N(C(=Cn1ccccc1=O)OC(=O)c1ccc(Br)cc1)C(C)C. The maximum absolute atomic E-state index is 12.6. The molecule has 5 nitrogen and oxygen atoms in total. The van der Waals surface area contributed by atoms with Crippen molar-refractivity contribution in [1.29, 1.82) is 0 Å². The van der Waals surface area contributed by atoms with Crippen LogP contribution in [0.4, 0.5) is 0 Å². The number of hydrogen-bond acceptors (Lipinski definition) is 4. The van der Waals surface area contributed by atoms with Gasteiger partial charge in [0.25, 0.3) is 5.56 Å². The molecule has 0 amide bonds. The van der Waals surface area contributed by atoms with Crippen LogP contribution in [0.1, 0.15) is 38.1 Å². The Kier molecular flexibility index (Phi) is 6.80. The number of hydrogen-bond donors (Lipinski definition) is 0. The predicted octanol–water partition coefficient (Wildman–Crippen LogP) is 4.34. The summed E-state index contributed by atoms with van der Waals surface area (Å²) in [5.41, 5.74) is 0.240. The first-order valence-electron chi connectivity index (χ1n) is 8.44. The largest absolute Gasteiger partial charge is 0.404 e. The summed E-state index contributed by atoms with van der Waals surface area (Å²) in [7, 11) is 0. The molecule has 0 saturated carbocycles. The van der Waals surface area contributed by atoms with E-state index >= 15 is 0 Å². The number of carbonyl (C=O) groups excluding carboxylic acids is 1. The molecule has 0 aliphatic heterocycles. The lowest BCUT2D eigenvalue weighted by molar-refractivity contribution is 0.0423. The monoisotopic (exact) mass is 418 g/mol. The average Bonchev–Trinajstić information content (AvgIpc) is 2.56. The molecule has 0 fully saturated rings. The van der Waals surface area contributed by atoms with Crippen molar-refractivity contribution in [1.82, 2.24) is 9.47 Å². The minimum Gasteiger partial charge on any atom is -0.404 e. The molecule has 1 aromatic heterocycles. The van der Waals surface area contributed by atoms with Crippen LogP contribution >= 0.6 is 15.9 Å². The number of rotatable bonds is 6. The molecule has 2 rings (SSSR count). The van der Waals surface area contributed by atoms with Crippen molar-refractivity contribution >= 4 is 28.1 Å². The van der Waals surface area contributed by atoms with Crippen LogP contribution < -0.4 is 5.56 Å². The minimum atomic E-state index is -0.473. The highest BCUT2D eigenvalue weighted by molar-refractivity contribution is 9.10. The highest BCUT2D eigenvalue weighted by atomic mass is 79.9. The van der Waals surface area contributed by atoms with Gasteiger partial charge in [-0.2, -0.15) is 0 Å². The number of halogens is 1. The summed E-state index contributed by atoms with van der Waals surface area (Å²) < 4.78 is 7.98. The smallest absolute Gasteiger partial charge is 0.344 e. The lowest BCUT2D eigenvalue weighted by atomic mass is 10.2. The fourth-order valence-electron chi connectivity index (χ4n) is 2.66. The highest BCUT2D eigenvalue weighted by Crippen LogP contribution is 2.19. The predicted molar refractivity (Wildman–Crippen MR) is 107 cm³/mol. The maximum Gasteiger partial charge on any atom is 0.344 e. The second-order valence-corrected chi connectivity index (χ2v) is 7.32. The lowest BCUT2D eigenvalue weighted by Crippen LogP contribution is -2.38. The van der Waals surface area contributed by atoms with Crippen molar-refractivity contribution in [3.05, 3.63) is 74.9 Å². The van der Waals surface area contributed by atoms with Crippen molar-refractivity contribution in [3.8, 4) is 0 Å². The van der Waals surface area contributed by atoms with Gasteiger partial charge in [0.2, 0.25) is 5.88 Å². The van der Waals surface area contributed by atoms with Gasteiger partial charge in [0.15, 0.2) is 0 Å². The topological polar surface area (TPSA) is 51.5 Å². The number of aromatic nitrogens is 1. The molecular formula is C20H23BrN2O3. The summed E-state index contributed by atoms with van der Waals surface area (Å²) in [5.74, 6) is -0.143. The summed E-state index contributed by atoms with van der Waals surface area (Å²) in [6.45, 7) is 8.04. The number of esters is 1. The van der Waals surface area contributed by atoms with Crippen LogP contribution in [0, 0.1) is 0 Å².